The number of aliphatic hydroxyl groups is 3. The van der Waals surface area contributed by atoms with Gasteiger partial charge in [0.15, 0.2) is 6.23 Å². The molecule has 3 aliphatic rings. The number of benzene rings is 4. The number of ether oxygens (including phenoxy) is 3. The van der Waals surface area contributed by atoms with Crippen LogP contribution in [0.4, 0.5) is 18.4 Å². The number of nitrogens with one attached hydrogen (secondary N) is 3. The zero-order valence-electron chi connectivity index (χ0n) is 51.3. The molecule has 472 valence electrons. The summed E-state index contributed by atoms with van der Waals surface area (Å²) in [6, 6.07) is 21.5. The number of amides is 6. The van der Waals surface area contributed by atoms with Gasteiger partial charge in [0.1, 0.15) is 67.3 Å². The van der Waals surface area contributed by atoms with Crippen LogP contribution in [0.25, 0.3) is 33.2 Å². The van der Waals surface area contributed by atoms with E-state index >= 15 is 18.4 Å². The molecule has 0 bridgehead atoms. The molecular weight excluding hydrogens is 1130 g/mol. The van der Waals surface area contributed by atoms with Crippen LogP contribution in [0.3, 0.4) is 0 Å². The minimum Gasteiger partial charge on any atom is -0.445 e. The summed E-state index contributed by atoms with van der Waals surface area (Å²) < 4.78 is 50.5. The van der Waals surface area contributed by atoms with Gasteiger partial charge in [-0.15, -0.1) is 0 Å². The van der Waals surface area contributed by atoms with E-state index in [0.717, 1.165) is 11.1 Å². The Morgan fingerprint density at radius 2 is 1.10 bits per heavy atom. The van der Waals surface area contributed by atoms with E-state index in [0.29, 0.717) is 77.6 Å². The highest BCUT2D eigenvalue weighted by Gasteiger charge is 2.46. The first-order valence-corrected chi connectivity index (χ1v) is 30.4. The zero-order chi connectivity index (χ0) is 63.4. The number of hydrogen-bond acceptors (Lipinski definition) is 12. The third kappa shape index (κ3) is 13.7. The Hall–Kier alpha value is -7.92. The average molecular weight is 1220 g/mol. The van der Waals surface area contributed by atoms with Crippen LogP contribution < -0.4 is 10.6 Å². The van der Waals surface area contributed by atoms with E-state index in [4.69, 9.17) is 14.2 Å². The summed E-state index contributed by atoms with van der Waals surface area (Å²) in [4.78, 5) is 93.7. The third-order valence-corrected chi connectivity index (χ3v) is 17.8. The number of nitrogens with zero attached hydrogens (tertiary/aromatic N) is 5. The van der Waals surface area contributed by atoms with Crippen molar-refractivity contribution in [3.8, 4) is 11.4 Å². The molecule has 3 aliphatic heterocycles. The van der Waals surface area contributed by atoms with Crippen molar-refractivity contribution in [3.05, 3.63) is 131 Å². The number of carbonyl (C=O) groups excluding carboxylic acids is 6. The van der Waals surface area contributed by atoms with Crippen LogP contribution in [0.5, 0.6) is 0 Å². The molecule has 9 rings (SSSR count). The van der Waals surface area contributed by atoms with Crippen LogP contribution in [-0.4, -0.2) is 168 Å². The number of hydrogen-bond donors (Lipinski definition) is 6. The molecule has 6 aromatic rings. The normalized spacial score (nSPS) is 21.8. The first-order chi connectivity index (χ1) is 41.9. The monoisotopic (exact) mass is 1220 g/mol. The Labute approximate surface area is 511 Å². The summed E-state index contributed by atoms with van der Waals surface area (Å²) in [6.07, 6.45) is -6.46. The van der Waals surface area contributed by atoms with Gasteiger partial charge in [-0.2, -0.15) is 0 Å². The second kappa shape index (κ2) is 27.6. The summed E-state index contributed by atoms with van der Waals surface area (Å²) in [6.45, 7) is 12.5. The fraction of sp³-hybridized carbons (Fsp3) is 0.485. The molecule has 2 aromatic heterocycles. The molecule has 4 aromatic carbocycles. The number of aromatic amines is 1. The minimum absolute atomic E-state index is 0.000831. The molecule has 3 saturated heterocycles. The third-order valence-electron chi connectivity index (χ3n) is 17.8. The standard InChI is InChI=1S/C66H82F2N8O12/c1-36(2)53(70-60(80)38(5)72(8)65(84)86-34-41-18-12-10-13-19-41)62(82)74-28-16-22-45(74)32-49-47-26-24-43(67)30-51(47)69-55(49)56-50(48-27-25-44(68)31-52(48)76(56)64-59(79)58(78)57(77)40(7)88-64)33-46-23-17-29-75(46)63(83)54(37(3)4)71-61(81)39(6)73(9)66(85)87-35-42-20-14-11-15-21-42/h10-15,18-21,24-27,30-31,36-40,45-46,53-54,57-59,64,69,77-79H,16-17,22-23,28-29,32-35H2,1-9H3,(H,70,80)(H,71,81)/t38-,39-,40-,45?,46-,53-,54-,57+,58+,59-,64?/m0/s1. The number of likely N-dealkylation sites (N-methyl/N-ethyl adjacent to an activating group) is 2. The molecule has 3 fully saturated rings. The molecule has 0 saturated carbocycles. The first kappa shape index (κ1) is 64.6. The summed E-state index contributed by atoms with van der Waals surface area (Å²) in [5.41, 5.74) is 4.07. The van der Waals surface area contributed by atoms with Gasteiger partial charge in [-0.05, 0) is 130 Å². The zero-order valence-corrected chi connectivity index (χ0v) is 51.3. The lowest BCUT2D eigenvalue weighted by atomic mass is 9.94. The van der Waals surface area contributed by atoms with Crippen LogP contribution >= 0.6 is 0 Å². The van der Waals surface area contributed by atoms with Crippen molar-refractivity contribution in [1.82, 2.24) is 39.8 Å². The van der Waals surface area contributed by atoms with E-state index < -0.39 is 114 Å². The van der Waals surface area contributed by atoms with E-state index in [2.05, 4.69) is 15.6 Å². The van der Waals surface area contributed by atoms with E-state index in [1.807, 2.05) is 88.4 Å². The molecule has 11 atom stereocenters. The highest BCUT2D eigenvalue weighted by Crippen LogP contribution is 2.45. The lowest BCUT2D eigenvalue weighted by Gasteiger charge is -2.41. The Bertz CT molecular complexity index is 3490. The maximum Gasteiger partial charge on any atom is 0.410 e. The molecule has 88 heavy (non-hydrogen) atoms. The highest BCUT2D eigenvalue weighted by molar-refractivity contribution is 5.98. The fourth-order valence-corrected chi connectivity index (χ4v) is 12.4. The van der Waals surface area contributed by atoms with E-state index in [9.17, 15) is 34.5 Å². The number of aliphatic hydroxyl groups excluding tert-OH is 3. The van der Waals surface area contributed by atoms with E-state index in [1.54, 1.807) is 40.3 Å². The number of likely N-dealkylation sites (tertiary alicyclic amines) is 2. The Morgan fingerprint density at radius 1 is 0.636 bits per heavy atom. The van der Waals surface area contributed by atoms with Gasteiger partial charge in [0.25, 0.3) is 0 Å². The van der Waals surface area contributed by atoms with Gasteiger partial charge < -0.3 is 59.5 Å². The van der Waals surface area contributed by atoms with Gasteiger partial charge in [-0.1, -0.05) is 88.4 Å². The number of carbonyl (C=O) groups is 6. The molecule has 5 heterocycles. The topological polar surface area (TPSA) is 249 Å². The summed E-state index contributed by atoms with van der Waals surface area (Å²) in [5.74, 6) is -3.87. The smallest absolute Gasteiger partial charge is 0.410 e. The molecule has 6 amide bonds. The molecule has 22 heteroatoms. The average Bonchev–Trinajstić information content (AvgIpc) is 1.58. The Morgan fingerprint density at radius 3 is 1.59 bits per heavy atom. The van der Waals surface area contributed by atoms with E-state index in [-0.39, 0.29) is 43.4 Å². The molecule has 0 radical (unpaired) electrons. The van der Waals surface area contributed by atoms with E-state index in [1.165, 1.54) is 55.1 Å². The second-order valence-electron chi connectivity index (χ2n) is 24.4. The van der Waals surface area contributed by atoms with Crippen molar-refractivity contribution in [2.24, 2.45) is 11.8 Å². The molecule has 20 nitrogen and oxygen atoms in total. The van der Waals surface area contributed by atoms with Crippen molar-refractivity contribution in [2.75, 3.05) is 27.2 Å². The molecule has 0 aliphatic carbocycles. The molecule has 6 N–H and O–H groups in total. The summed E-state index contributed by atoms with van der Waals surface area (Å²) in [5, 5.41) is 41.4. The minimum atomic E-state index is -1.78. The van der Waals surface area contributed by atoms with Gasteiger partial charge in [-0.3, -0.25) is 29.0 Å². The summed E-state index contributed by atoms with van der Waals surface area (Å²) in [7, 11) is 2.90. The van der Waals surface area contributed by atoms with Crippen LogP contribution in [-0.2, 0) is 59.4 Å². The van der Waals surface area contributed by atoms with Gasteiger partial charge in [0.2, 0.25) is 23.6 Å². The highest BCUT2D eigenvalue weighted by atomic mass is 19.1. The first-order valence-electron chi connectivity index (χ1n) is 30.4. The Balaban J connectivity index is 1.06. The molecule has 0 spiro atoms. The summed E-state index contributed by atoms with van der Waals surface area (Å²) >= 11 is 0. The number of aromatic nitrogens is 2. The van der Waals surface area contributed by atoms with Crippen LogP contribution in [0.2, 0.25) is 0 Å². The Kier molecular flexibility index (Phi) is 20.3. The van der Waals surface area contributed by atoms with Gasteiger partial charge in [0, 0.05) is 55.6 Å². The second-order valence-corrected chi connectivity index (χ2v) is 24.4. The molecule has 2 unspecified atom stereocenters. The number of rotatable bonds is 20. The van der Waals surface area contributed by atoms with Crippen LogP contribution in [0.15, 0.2) is 97.1 Å². The van der Waals surface area contributed by atoms with Crippen molar-refractivity contribution < 1.29 is 67.1 Å². The van der Waals surface area contributed by atoms with Crippen molar-refractivity contribution in [3.63, 3.8) is 0 Å². The largest absolute Gasteiger partial charge is 0.445 e. The quantitative estimate of drug-likeness (QED) is 0.0430. The fourth-order valence-electron chi connectivity index (χ4n) is 12.4. The number of fused-ring (bicyclic) bond motifs is 2. The lowest BCUT2D eigenvalue weighted by Crippen LogP contribution is -2.56. The van der Waals surface area contributed by atoms with Crippen molar-refractivity contribution in [1.29, 1.82) is 0 Å². The number of halogens is 2. The maximum absolute atomic E-state index is 16.0. The van der Waals surface area contributed by atoms with Gasteiger partial charge in [-0.25, -0.2) is 18.4 Å². The van der Waals surface area contributed by atoms with Gasteiger partial charge >= 0.3 is 12.2 Å². The van der Waals surface area contributed by atoms with Crippen molar-refractivity contribution in [2.45, 2.75) is 167 Å². The lowest BCUT2D eigenvalue weighted by molar-refractivity contribution is -0.238. The maximum atomic E-state index is 16.0. The van der Waals surface area contributed by atoms with Crippen LogP contribution in [0, 0.1) is 23.5 Å². The molecular formula is C66H82F2N8O12. The van der Waals surface area contributed by atoms with Crippen LogP contribution in [0.1, 0.15) is 103 Å². The number of H-pyrrole nitrogens is 1. The SMILES string of the molecule is CC(C)[C@H](NC(=O)[C@H](C)N(C)C(=O)OCc1ccccc1)C(=O)N1CCCC1Cc1c(-c2c(C[C@@H]3CCCN3C(=O)[C@@H](NC(=O)[C@H](C)N(C)C(=O)OCc3ccccc3)C(C)C)c3ccc(F)cc3n2C2O[C@@H](C)[C@@H](O)[C@@H](O)[C@@H]2O)[nH]c2cc(F)ccc12. The van der Waals surface area contributed by atoms with Gasteiger partial charge in [0.05, 0.1) is 23.0 Å². The van der Waals surface area contributed by atoms with Crippen molar-refractivity contribution >= 4 is 57.6 Å². The predicted octanol–water partition coefficient (Wildman–Crippen LogP) is 7.73. The predicted molar refractivity (Wildman–Crippen MR) is 325 cm³/mol.